The van der Waals surface area contributed by atoms with E-state index in [4.69, 9.17) is 5.11 Å². The van der Waals surface area contributed by atoms with Crippen molar-refractivity contribution < 1.29 is 19.8 Å². The van der Waals surface area contributed by atoms with E-state index in [0.29, 0.717) is 12.8 Å². The van der Waals surface area contributed by atoms with Crippen LogP contribution in [-0.4, -0.2) is 22.2 Å². The molecular weight excluding hydrogens is 196 g/mol. The average molecular weight is 216 g/mol. The van der Waals surface area contributed by atoms with Crippen LogP contribution in [0.2, 0.25) is 0 Å². The van der Waals surface area contributed by atoms with Gasteiger partial charge < -0.3 is 10.2 Å². The second kappa shape index (κ2) is 6.43. The molecule has 0 aliphatic carbocycles. The lowest BCUT2D eigenvalue weighted by atomic mass is 9.75. The molecule has 0 aliphatic rings. The van der Waals surface area contributed by atoms with Gasteiger partial charge in [-0.1, -0.05) is 26.7 Å². The van der Waals surface area contributed by atoms with Gasteiger partial charge in [-0.2, -0.15) is 0 Å². The summed E-state index contributed by atoms with van der Waals surface area (Å²) in [7, 11) is 0. The van der Waals surface area contributed by atoms with Crippen molar-refractivity contribution in [2.75, 3.05) is 0 Å². The number of carboxylic acid groups (broad SMARTS) is 2. The highest BCUT2D eigenvalue weighted by Gasteiger charge is 2.36. The molecule has 15 heavy (non-hydrogen) atoms. The zero-order valence-corrected chi connectivity index (χ0v) is 9.45. The summed E-state index contributed by atoms with van der Waals surface area (Å²) in [6, 6.07) is 0. The molecule has 0 unspecified atom stereocenters. The summed E-state index contributed by atoms with van der Waals surface area (Å²) in [5, 5.41) is 17.8. The van der Waals surface area contributed by atoms with Crippen molar-refractivity contribution >= 4 is 11.9 Å². The Kier molecular flexibility index (Phi) is 5.97. The SMILES string of the molecule is CCCC(CCC)(CCC(=O)O)C(=O)O. The van der Waals surface area contributed by atoms with Crippen LogP contribution in [0.5, 0.6) is 0 Å². The standard InChI is InChI=1S/C11H20O4/c1-3-6-11(7-4-2,10(14)15)8-5-9(12)13/h3-8H2,1-2H3,(H,12,13)(H,14,15). The molecule has 0 saturated heterocycles. The molecule has 88 valence electrons. The van der Waals surface area contributed by atoms with E-state index in [9.17, 15) is 14.7 Å². The number of rotatable bonds is 8. The minimum absolute atomic E-state index is 0.0632. The molecular formula is C11H20O4. The van der Waals surface area contributed by atoms with E-state index >= 15 is 0 Å². The van der Waals surface area contributed by atoms with Crippen LogP contribution in [0.4, 0.5) is 0 Å². The Bertz CT molecular complexity index is 217. The van der Waals surface area contributed by atoms with Gasteiger partial charge >= 0.3 is 11.9 Å². The van der Waals surface area contributed by atoms with Crippen molar-refractivity contribution in [3.8, 4) is 0 Å². The first-order valence-electron chi connectivity index (χ1n) is 5.43. The monoisotopic (exact) mass is 216 g/mol. The predicted molar refractivity (Wildman–Crippen MR) is 56.8 cm³/mol. The van der Waals surface area contributed by atoms with E-state index in [0.717, 1.165) is 12.8 Å². The zero-order chi connectivity index (χ0) is 11.9. The summed E-state index contributed by atoms with van der Waals surface area (Å²) in [5.74, 6) is -1.78. The maximum absolute atomic E-state index is 11.2. The summed E-state index contributed by atoms with van der Waals surface area (Å²) in [5.41, 5.74) is -0.831. The first-order chi connectivity index (χ1) is 6.98. The van der Waals surface area contributed by atoms with E-state index in [1.165, 1.54) is 0 Å². The normalized spacial score (nSPS) is 11.3. The third kappa shape index (κ3) is 4.32. The van der Waals surface area contributed by atoms with Gasteiger partial charge in [-0.15, -0.1) is 0 Å². The molecule has 0 bridgehead atoms. The van der Waals surface area contributed by atoms with Crippen molar-refractivity contribution in [2.24, 2.45) is 5.41 Å². The fourth-order valence-electron chi connectivity index (χ4n) is 2.00. The molecule has 0 aliphatic heterocycles. The fourth-order valence-corrected chi connectivity index (χ4v) is 2.00. The van der Waals surface area contributed by atoms with Crippen LogP contribution >= 0.6 is 0 Å². The molecule has 0 aromatic rings. The van der Waals surface area contributed by atoms with Crippen molar-refractivity contribution in [1.29, 1.82) is 0 Å². The Hall–Kier alpha value is -1.06. The lowest BCUT2D eigenvalue weighted by molar-refractivity contribution is -0.151. The van der Waals surface area contributed by atoms with E-state index in [2.05, 4.69) is 0 Å². The maximum Gasteiger partial charge on any atom is 0.309 e. The number of carbonyl (C=O) groups is 2. The lowest BCUT2D eigenvalue weighted by Crippen LogP contribution is -2.31. The van der Waals surface area contributed by atoms with Gasteiger partial charge in [0, 0.05) is 6.42 Å². The van der Waals surface area contributed by atoms with E-state index < -0.39 is 17.4 Å². The van der Waals surface area contributed by atoms with E-state index in [-0.39, 0.29) is 12.8 Å². The quantitative estimate of drug-likeness (QED) is 0.653. The van der Waals surface area contributed by atoms with Gasteiger partial charge in [0.25, 0.3) is 0 Å². The summed E-state index contributed by atoms with van der Waals surface area (Å²) in [6.45, 7) is 3.85. The molecule has 0 aromatic heterocycles. The molecule has 0 fully saturated rings. The van der Waals surface area contributed by atoms with Gasteiger partial charge in [-0.3, -0.25) is 9.59 Å². The molecule has 4 nitrogen and oxygen atoms in total. The zero-order valence-electron chi connectivity index (χ0n) is 9.45. The third-order valence-corrected chi connectivity index (χ3v) is 2.73. The first-order valence-corrected chi connectivity index (χ1v) is 5.43. The largest absolute Gasteiger partial charge is 0.481 e. The molecule has 0 rings (SSSR count). The molecule has 0 spiro atoms. The van der Waals surface area contributed by atoms with Gasteiger partial charge in [0.15, 0.2) is 0 Å². The Morgan fingerprint density at radius 3 is 1.73 bits per heavy atom. The fraction of sp³-hybridized carbons (Fsp3) is 0.818. The Morgan fingerprint density at radius 2 is 1.47 bits per heavy atom. The number of hydrogen-bond donors (Lipinski definition) is 2. The summed E-state index contributed by atoms with van der Waals surface area (Å²) in [4.78, 5) is 21.7. The summed E-state index contributed by atoms with van der Waals surface area (Å²) >= 11 is 0. The van der Waals surface area contributed by atoms with E-state index in [1.807, 2.05) is 13.8 Å². The van der Waals surface area contributed by atoms with Gasteiger partial charge in [-0.05, 0) is 19.3 Å². The summed E-state index contributed by atoms with van der Waals surface area (Å²) in [6.07, 6.45) is 2.83. The van der Waals surface area contributed by atoms with Crippen LogP contribution in [0, 0.1) is 5.41 Å². The first kappa shape index (κ1) is 13.9. The van der Waals surface area contributed by atoms with Gasteiger partial charge in [-0.25, -0.2) is 0 Å². The molecule has 4 heteroatoms. The lowest BCUT2D eigenvalue weighted by Gasteiger charge is -2.28. The van der Waals surface area contributed by atoms with Crippen LogP contribution in [-0.2, 0) is 9.59 Å². The number of carboxylic acids is 2. The smallest absolute Gasteiger partial charge is 0.309 e. The van der Waals surface area contributed by atoms with Crippen LogP contribution in [0.1, 0.15) is 52.4 Å². The molecule has 0 atom stereocenters. The van der Waals surface area contributed by atoms with Gasteiger partial charge in [0.1, 0.15) is 0 Å². The predicted octanol–water partition coefficient (Wildman–Crippen LogP) is 2.52. The Balaban J connectivity index is 4.61. The number of aliphatic carboxylic acids is 2. The van der Waals surface area contributed by atoms with Crippen molar-refractivity contribution in [3.63, 3.8) is 0 Å². The van der Waals surface area contributed by atoms with Crippen molar-refractivity contribution in [2.45, 2.75) is 52.4 Å². The van der Waals surface area contributed by atoms with Crippen molar-refractivity contribution in [1.82, 2.24) is 0 Å². The molecule has 0 saturated carbocycles. The Labute approximate surface area is 90.3 Å². The minimum Gasteiger partial charge on any atom is -0.481 e. The molecule has 0 aromatic carbocycles. The third-order valence-electron chi connectivity index (χ3n) is 2.73. The second-order valence-corrected chi connectivity index (χ2v) is 3.98. The molecule has 2 N–H and O–H groups in total. The molecule has 0 radical (unpaired) electrons. The second-order valence-electron chi connectivity index (χ2n) is 3.98. The van der Waals surface area contributed by atoms with Gasteiger partial charge in [0.2, 0.25) is 0 Å². The topological polar surface area (TPSA) is 74.6 Å². The van der Waals surface area contributed by atoms with E-state index in [1.54, 1.807) is 0 Å². The minimum atomic E-state index is -0.923. The highest BCUT2D eigenvalue weighted by molar-refractivity contribution is 5.76. The summed E-state index contributed by atoms with van der Waals surface area (Å²) < 4.78 is 0. The average Bonchev–Trinajstić information content (AvgIpc) is 2.14. The van der Waals surface area contributed by atoms with Crippen molar-refractivity contribution in [3.05, 3.63) is 0 Å². The number of hydrogen-bond acceptors (Lipinski definition) is 2. The highest BCUT2D eigenvalue weighted by atomic mass is 16.4. The molecule has 0 heterocycles. The van der Waals surface area contributed by atoms with Crippen LogP contribution in [0.15, 0.2) is 0 Å². The van der Waals surface area contributed by atoms with Crippen LogP contribution in [0.3, 0.4) is 0 Å². The highest BCUT2D eigenvalue weighted by Crippen LogP contribution is 2.35. The maximum atomic E-state index is 11.2. The van der Waals surface area contributed by atoms with Crippen LogP contribution in [0.25, 0.3) is 0 Å². The Morgan fingerprint density at radius 1 is 1.00 bits per heavy atom. The van der Waals surface area contributed by atoms with Gasteiger partial charge in [0.05, 0.1) is 5.41 Å². The molecule has 0 amide bonds. The van der Waals surface area contributed by atoms with Crippen LogP contribution < -0.4 is 0 Å².